The van der Waals surface area contributed by atoms with Crippen LogP contribution in [0.25, 0.3) is 0 Å². The van der Waals surface area contributed by atoms with E-state index in [-0.39, 0.29) is 17.8 Å². The van der Waals surface area contributed by atoms with Gasteiger partial charge in [0.1, 0.15) is 6.04 Å². The zero-order chi connectivity index (χ0) is 34.5. The van der Waals surface area contributed by atoms with Crippen LogP contribution in [0.15, 0.2) is 0 Å². The number of hydrogen-bond acceptors (Lipinski definition) is 7. The number of amides is 1. The van der Waals surface area contributed by atoms with Gasteiger partial charge in [-0.25, -0.2) is 4.79 Å². The predicted octanol–water partition coefficient (Wildman–Crippen LogP) is 5.69. The number of rotatable bonds is 15. The van der Waals surface area contributed by atoms with Gasteiger partial charge in [-0.3, -0.25) is 4.79 Å². The van der Waals surface area contributed by atoms with Gasteiger partial charge in [-0.2, -0.15) is 0 Å². The quantitative estimate of drug-likeness (QED) is 0.152. The largest absolute Gasteiger partial charge is 0.467 e. The normalized spacial score (nSPS) is 36.9. The van der Waals surface area contributed by atoms with Crippen molar-refractivity contribution in [2.75, 3.05) is 59.5 Å². The second-order valence-electron chi connectivity index (χ2n) is 17.8. The zero-order valence-electron chi connectivity index (χ0n) is 31.7. The highest BCUT2D eigenvalue weighted by atomic mass is 16.5. The van der Waals surface area contributed by atoms with Crippen LogP contribution in [-0.2, 0) is 14.3 Å². The number of carbonyl (C=O) groups excluding carboxylic acids is 2. The first-order chi connectivity index (χ1) is 23.0. The Balaban J connectivity index is 1.06. The molecule has 4 saturated carbocycles. The maximum Gasteiger partial charge on any atom is 0.328 e. The van der Waals surface area contributed by atoms with Crippen LogP contribution in [0.1, 0.15) is 118 Å². The Morgan fingerprint density at radius 1 is 0.875 bits per heavy atom. The van der Waals surface area contributed by atoms with Crippen molar-refractivity contribution in [3.05, 3.63) is 0 Å². The van der Waals surface area contributed by atoms with Gasteiger partial charge in [0, 0.05) is 38.6 Å². The molecule has 10 atom stereocenters. The Morgan fingerprint density at radius 3 is 2.21 bits per heavy atom. The van der Waals surface area contributed by atoms with Crippen LogP contribution in [0.5, 0.6) is 0 Å². The first-order valence-electron chi connectivity index (χ1n) is 20.3. The summed E-state index contributed by atoms with van der Waals surface area (Å²) < 4.78 is 4.93. The van der Waals surface area contributed by atoms with Crippen LogP contribution in [-0.4, -0.2) is 93.2 Å². The SMILES string of the molecule is COC(=O)[C@@H](NC(=O)CC[C@@H](C)[C@H]1CC[C@H]2[C@@H]3CC[C@@H]4C[C@@H](NCCCN5CCN(CCCN)CC5)CC[C@]4(C)[C@H]3CC[C@]12C)C(C)C. The van der Waals surface area contributed by atoms with Gasteiger partial charge in [0.25, 0.3) is 0 Å². The molecular weight excluding hydrogens is 598 g/mol. The molecule has 0 spiro atoms. The van der Waals surface area contributed by atoms with Gasteiger partial charge in [0.15, 0.2) is 0 Å². The lowest BCUT2D eigenvalue weighted by atomic mass is 9.44. The highest BCUT2D eigenvalue weighted by molar-refractivity contribution is 5.84. The molecule has 8 nitrogen and oxygen atoms in total. The zero-order valence-corrected chi connectivity index (χ0v) is 31.7. The second-order valence-corrected chi connectivity index (χ2v) is 17.8. The summed E-state index contributed by atoms with van der Waals surface area (Å²) in [6.45, 7) is 20.8. The fourth-order valence-electron chi connectivity index (χ4n) is 12.0. The molecule has 0 radical (unpaired) electrons. The van der Waals surface area contributed by atoms with Crippen molar-refractivity contribution in [3.63, 3.8) is 0 Å². The summed E-state index contributed by atoms with van der Waals surface area (Å²) in [4.78, 5) is 30.3. The number of nitrogens with two attached hydrogens (primary N) is 1. The minimum atomic E-state index is -0.563. The lowest BCUT2D eigenvalue weighted by molar-refractivity contribution is -0.146. The summed E-state index contributed by atoms with van der Waals surface area (Å²) in [7, 11) is 1.39. The van der Waals surface area contributed by atoms with Gasteiger partial charge in [-0.05, 0) is 155 Å². The van der Waals surface area contributed by atoms with Gasteiger partial charge >= 0.3 is 5.97 Å². The number of nitrogens with zero attached hydrogens (tertiary/aromatic N) is 2. The van der Waals surface area contributed by atoms with E-state index in [4.69, 9.17) is 10.5 Å². The average molecular weight is 672 g/mol. The molecule has 0 unspecified atom stereocenters. The summed E-state index contributed by atoms with van der Waals surface area (Å²) in [6.07, 6.45) is 16.3. The number of nitrogens with one attached hydrogen (secondary N) is 2. The molecule has 1 saturated heterocycles. The van der Waals surface area contributed by atoms with Gasteiger partial charge in [-0.1, -0.05) is 34.6 Å². The molecule has 1 amide bonds. The second kappa shape index (κ2) is 16.9. The fourth-order valence-corrected chi connectivity index (χ4v) is 12.0. The highest BCUT2D eigenvalue weighted by Gasteiger charge is 2.60. The maximum absolute atomic E-state index is 12.9. The molecule has 8 heteroatoms. The van der Waals surface area contributed by atoms with E-state index < -0.39 is 6.04 Å². The first kappa shape index (κ1) is 38.0. The molecule has 4 aliphatic carbocycles. The van der Waals surface area contributed by atoms with E-state index >= 15 is 0 Å². The molecule has 0 aromatic carbocycles. The summed E-state index contributed by atoms with van der Waals surface area (Å²) in [5.74, 6) is 4.38. The van der Waals surface area contributed by atoms with Crippen molar-refractivity contribution < 1.29 is 14.3 Å². The number of carbonyl (C=O) groups is 2. The van der Waals surface area contributed by atoms with Crippen LogP contribution in [0.4, 0.5) is 0 Å². The van der Waals surface area contributed by atoms with Gasteiger partial charge in [0.05, 0.1) is 7.11 Å². The van der Waals surface area contributed by atoms with Crippen molar-refractivity contribution >= 4 is 11.9 Å². The molecule has 276 valence electrons. The number of piperazine rings is 1. The molecule has 1 aliphatic heterocycles. The number of esters is 1. The third-order valence-corrected chi connectivity index (χ3v) is 14.9. The lowest BCUT2D eigenvalue weighted by Crippen LogP contribution is -2.55. The number of ether oxygens (including phenoxy) is 1. The van der Waals surface area contributed by atoms with Crippen molar-refractivity contribution in [3.8, 4) is 0 Å². The first-order valence-corrected chi connectivity index (χ1v) is 20.3. The maximum atomic E-state index is 12.9. The van der Waals surface area contributed by atoms with E-state index in [2.05, 4.69) is 41.2 Å². The molecule has 1 heterocycles. The van der Waals surface area contributed by atoms with E-state index in [9.17, 15) is 9.59 Å². The van der Waals surface area contributed by atoms with Crippen LogP contribution in [0.3, 0.4) is 0 Å². The summed E-state index contributed by atoms with van der Waals surface area (Å²) >= 11 is 0. The van der Waals surface area contributed by atoms with Crippen LogP contribution >= 0.6 is 0 Å². The third-order valence-electron chi connectivity index (χ3n) is 14.9. The highest BCUT2D eigenvalue weighted by Crippen LogP contribution is 2.68. The summed E-state index contributed by atoms with van der Waals surface area (Å²) in [5.41, 5.74) is 6.62. The Morgan fingerprint density at radius 2 is 1.54 bits per heavy atom. The Hall–Kier alpha value is -1.22. The van der Waals surface area contributed by atoms with Crippen molar-refractivity contribution in [2.45, 2.75) is 130 Å². The van der Waals surface area contributed by atoms with Crippen LogP contribution in [0.2, 0.25) is 0 Å². The smallest absolute Gasteiger partial charge is 0.328 e. The van der Waals surface area contributed by atoms with E-state index in [1.807, 2.05) is 13.8 Å². The van der Waals surface area contributed by atoms with Crippen molar-refractivity contribution in [1.29, 1.82) is 0 Å². The molecule has 48 heavy (non-hydrogen) atoms. The lowest BCUT2D eigenvalue weighted by Gasteiger charge is -2.61. The van der Waals surface area contributed by atoms with E-state index in [0.29, 0.717) is 35.1 Å². The van der Waals surface area contributed by atoms with Crippen molar-refractivity contribution in [1.82, 2.24) is 20.4 Å². The molecule has 0 bridgehead atoms. The minimum absolute atomic E-state index is 0.0145. The standard InChI is InChI=1S/C40H73N5O3/c1-28(2)37(38(47)48-6)43-36(46)14-9-29(3)33-12-13-34-32-11-10-30-27-31(15-17-39(30,4)35(32)16-18-40(33,34)5)42-20-8-22-45-25-23-44(24-26-45)21-7-19-41/h28-35,37,42H,7-27,41H2,1-6H3,(H,43,46)/t29-,30-,31+,32+,33-,34+,35+,37+,39+,40-/m1/s1. The Kier molecular flexibility index (Phi) is 13.4. The number of fused-ring (bicyclic) bond motifs is 5. The minimum Gasteiger partial charge on any atom is -0.467 e. The molecule has 0 aromatic rings. The molecule has 5 fully saturated rings. The topological polar surface area (TPSA) is 99.9 Å². The van der Waals surface area contributed by atoms with E-state index in [1.165, 1.54) is 111 Å². The van der Waals surface area contributed by atoms with Crippen molar-refractivity contribution in [2.24, 2.45) is 58.0 Å². The average Bonchev–Trinajstić information content (AvgIpc) is 3.44. The van der Waals surface area contributed by atoms with Gasteiger partial charge < -0.3 is 30.9 Å². The fraction of sp³-hybridized carbons (Fsp3) is 0.950. The molecular formula is C40H73N5O3. The summed E-state index contributed by atoms with van der Waals surface area (Å²) in [6, 6.07) is 0.145. The van der Waals surface area contributed by atoms with Crippen LogP contribution < -0.4 is 16.4 Å². The van der Waals surface area contributed by atoms with Crippen LogP contribution in [0, 0.1) is 52.3 Å². The summed E-state index contributed by atoms with van der Waals surface area (Å²) in [5, 5.41) is 6.98. The van der Waals surface area contributed by atoms with E-state index in [0.717, 1.165) is 49.6 Å². The van der Waals surface area contributed by atoms with Gasteiger partial charge in [0.2, 0.25) is 5.91 Å². The molecule has 0 aromatic heterocycles. The Labute approximate surface area is 293 Å². The van der Waals surface area contributed by atoms with Gasteiger partial charge in [-0.15, -0.1) is 0 Å². The Bertz CT molecular complexity index is 1050. The predicted molar refractivity (Wildman–Crippen MR) is 195 cm³/mol. The monoisotopic (exact) mass is 672 g/mol. The number of hydrogen-bond donors (Lipinski definition) is 3. The van der Waals surface area contributed by atoms with E-state index in [1.54, 1.807) is 0 Å². The molecule has 5 aliphatic rings. The molecule has 4 N–H and O–H groups in total. The number of methoxy groups -OCH3 is 1. The third kappa shape index (κ3) is 8.45. The molecule has 5 rings (SSSR count).